The van der Waals surface area contributed by atoms with Gasteiger partial charge in [0.15, 0.2) is 8.07 Å². The summed E-state index contributed by atoms with van der Waals surface area (Å²) in [5, 5.41) is 9.02. The van der Waals surface area contributed by atoms with E-state index in [0.717, 1.165) is 0 Å². The molecule has 6 aromatic rings. The van der Waals surface area contributed by atoms with Crippen LogP contribution >= 0.6 is 0 Å². The van der Waals surface area contributed by atoms with Crippen LogP contribution in [0, 0.1) is 0 Å². The van der Waals surface area contributed by atoms with Crippen LogP contribution in [0.3, 0.4) is 0 Å². The summed E-state index contributed by atoms with van der Waals surface area (Å²) in [7, 11) is -2.36. The van der Waals surface area contributed by atoms with Gasteiger partial charge in [-0.15, -0.1) is 0 Å². The van der Waals surface area contributed by atoms with Gasteiger partial charge in [-0.2, -0.15) is 0 Å². The first kappa shape index (κ1) is 15.8. The van der Waals surface area contributed by atoms with Crippen molar-refractivity contribution >= 4 is 50.6 Å². The Morgan fingerprint density at radius 1 is 0.500 bits per heavy atom. The molecule has 0 fully saturated rings. The van der Waals surface area contributed by atoms with Gasteiger partial charge in [0.2, 0.25) is 0 Å². The van der Waals surface area contributed by atoms with E-state index in [-0.39, 0.29) is 0 Å². The van der Waals surface area contributed by atoms with Crippen LogP contribution in [0.5, 0.6) is 0 Å². The van der Waals surface area contributed by atoms with Crippen molar-refractivity contribution in [3.8, 4) is 27.9 Å². The third-order valence-electron chi connectivity index (χ3n) is 8.12. The van der Waals surface area contributed by atoms with Crippen LogP contribution in [0.25, 0.3) is 49.7 Å². The molecule has 3 aliphatic heterocycles. The molecule has 2 heteroatoms. The number of hydrogen-bond acceptors (Lipinski definition) is 0. The van der Waals surface area contributed by atoms with Crippen LogP contribution in [0.15, 0.2) is 103 Å². The third-order valence-corrected chi connectivity index (χ3v) is 13.1. The van der Waals surface area contributed by atoms with Crippen molar-refractivity contribution in [2.24, 2.45) is 0 Å². The van der Waals surface area contributed by atoms with E-state index in [4.69, 9.17) is 0 Å². The van der Waals surface area contributed by atoms with E-state index in [2.05, 4.69) is 108 Å². The Morgan fingerprint density at radius 3 is 2.00 bits per heavy atom. The summed E-state index contributed by atoms with van der Waals surface area (Å²) < 4.78 is 2.55. The maximum atomic E-state index is 2.55. The van der Waals surface area contributed by atoms with Crippen LogP contribution in [0.1, 0.15) is 0 Å². The standard InChI is InChI=1S/C30H17NSi/c1-4-10-25-19(7-1)23-15-16-24-21-9-3-6-12-27(21)32-26-11-5-2-8-20(26)22-14-13-18(17-28(22)32)31(25)29(23)30(24)32/h1-17H. The fourth-order valence-electron chi connectivity index (χ4n) is 7.08. The zero-order valence-corrected chi connectivity index (χ0v) is 18.3. The molecule has 0 aliphatic carbocycles. The van der Waals surface area contributed by atoms with Gasteiger partial charge < -0.3 is 4.57 Å². The molecule has 1 atom stereocenters. The third kappa shape index (κ3) is 1.44. The lowest BCUT2D eigenvalue weighted by Gasteiger charge is -2.27. The van der Waals surface area contributed by atoms with Gasteiger partial charge in [-0.1, -0.05) is 84.9 Å². The molecule has 4 heterocycles. The van der Waals surface area contributed by atoms with E-state index in [1.54, 1.807) is 20.7 Å². The molecule has 1 nitrogen and oxygen atoms in total. The number of aromatic nitrogens is 1. The Hall–Kier alpha value is -3.88. The summed E-state index contributed by atoms with van der Waals surface area (Å²) >= 11 is 0. The largest absolute Gasteiger partial charge is 0.309 e. The van der Waals surface area contributed by atoms with Crippen molar-refractivity contribution in [2.75, 3.05) is 0 Å². The van der Waals surface area contributed by atoms with Crippen molar-refractivity contribution in [2.45, 2.75) is 0 Å². The van der Waals surface area contributed by atoms with Crippen LogP contribution in [-0.2, 0) is 0 Å². The van der Waals surface area contributed by atoms with Crippen molar-refractivity contribution in [1.82, 2.24) is 4.57 Å². The predicted octanol–water partition coefficient (Wildman–Crippen LogP) is 4.44. The van der Waals surface area contributed by atoms with Crippen molar-refractivity contribution in [3.63, 3.8) is 0 Å². The molecule has 5 aromatic carbocycles. The fraction of sp³-hybridized carbons (Fsp3) is 0. The molecule has 146 valence electrons. The average Bonchev–Trinajstić information content (AvgIpc) is 3.43. The molecule has 0 saturated carbocycles. The molecule has 1 unspecified atom stereocenters. The lowest BCUT2D eigenvalue weighted by molar-refractivity contribution is 1.19. The Balaban J connectivity index is 1.68. The van der Waals surface area contributed by atoms with Gasteiger partial charge in [0, 0.05) is 16.5 Å². The second-order valence-corrected chi connectivity index (χ2v) is 12.9. The molecular formula is C30H17NSi. The van der Waals surface area contributed by atoms with Gasteiger partial charge in [-0.05, 0) is 61.2 Å². The molecular weight excluding hydrogens is 402 g/mol. The summed E-state index contributed by atoms with van der Waals surface area (Å²) in [4.78, 5) is 0. The monoisotopic (exact) mass is 419 g/mol. The number of hydrogen-bond donors (Lipinski definition) is 0. The summed E-state index contributed by atoms with van der Waals surface area (Å²) in [5.74, 6) is 0. The molecule has 0 N–H and O–H groups in total. The van der Waals surface area contributed by atoms with E-state index < -0.39 is 8.07 Å². The second kappa shape index (κ2) is 4.95. The normalized spacial score (nSPS) is 18.1. The maximum absolute atomic E-state index is 2.55. The molecule has 0 saturated heterocycles. The van der Waals surface area contributed by atoms with Gasteiger partial charge in [0.1, 0.15) is 0 Å². The summed E-state index contributed by atoms with van der Waals surface area (Å²) in [6.07, 6.45) is 0. The van der Waals surface area contributed by atoms with Crippen molar-refractivity contribution in [1.29, 1.82) is 0 Å². The van der Waals surface area contributed by atoms with E-state index in [1.165, 1.54) is 49.7 Å². The lowest BCUT2D eigenvalue weighted by Crippen LogP contribution is -2.70. The topological polar surface area (TPSA) is 4.93 Å². The van der Waals surface area contributed by atoms with Crippen molar-refractivity contribution < 1.29 is 0 Å². The first-order valence-corrected chi connectivity index (χ1v) is 13.3. The molecule has 1 spiro atoms. The van der Waals surface area contributed by atoms with Gasteiger partial charge in [-0.3, -0.25) is 0 Å². The minimum atomic E-state index is -2.36. The van der Waals surface area contributed by atoms with E-state index in [1.807, 2.05) is 0 Å². The first-order valence-electron chi connectivity index (χ1n) is 11.3. The van der Waals surface area contributed by atoms with E-state index in [9.17, 15) is 0 Å². The predicted molar refractivity (Wildman–Crippen MR) is 136 cm³/mol. The lowest BCUT2D eigenvalue weighted by atomic mass is 10.0. The Kier molecular flexibility index (Phi) is 2.45. The molecule has 9 rings (SSSR count). The minimum Gasteiger partial charge on any atom is -0.309 e. The van der Waals surface area contributed by atoms with E-state index in [0.29, 0.717) is 0 Å². The first-order chi connectivity index (χ1) is 15.9. The Labute approximate surface area is 186 Å². The maximum Gasteiger partial charge on any atom is 0.184 e. The number of rotatable bonds is 0. The number of benzene rings is 5. The molecule has 1 aromatic heterocycles. The number of fused-ring (bicyclic) bond motifs is 9. The van der Waals surface area contributed by atoms with Gasteiger partial charge in [0.05, 0.1) is 11.0 Å². The fourth-order valence-corrected chi connectivity index (χ4v) is 12.9. The summed E-state index contributed by atoms with van der Waals surface area (Å²) in [6, 6.07) is 39.4. The zero-order chi connectivity index (χ0) is 20.6. The number of nitrogens with zero attached hydrogens (tertiary/aromatic N) is 1. The highest BCUT2D eigenvalue weighted by Crippen LogP contribution is 2.43. The van der Waals surface area contributed by atoms with Crippen molar-refractivity contribution in [3.05, 3.63) is 103 Å². The zero-order valence-electron chi connectivity index (χ0n) is 17.3. The van der Waals surface area contributed by atoms with Gasteiger partial charge in [-0.25, -0.2) is 0 Å². The smallest absolute Gasteiger partial charge is 0.184 e. The highest BCUT2D eigenvalue weighted by molar-refractivity contribution is 7.25. The molecule has 32 heavy (non-hydrogen) atoms. The van der Waals surface area contributed by atoms with Crippen LogP contribution < -0.4 is 20.7 Å². The van der Waals surface area contributed by atoms with Gasteiger partial charge in [0.25, 0.3) is 0 Å². The van der Waals surface area contributed by atoms with Crippen LogP contribution in [0.2, 0.25) is 0 Å². The Morgan fingerprint density at radius 2 is 1.16 bits per heavy atom. The molecule has 2 bridgehead atoms. The highest BCUT2D eigenvalue weighted by atomic mass is 28.3. The Bertz CT molecular complexity index is 1830. The summed E-state index contributed by atoms with van der Waals surface area (Å²) in [5.41, 5.74) is 9.78. The number of para-hydroxylation sites is 1. The second-order valence-electron chi connectivity index (χ2n) is 9.31. The quantitative estimate of drug-likeness (QED) is 0.320. The van der Waals surface area contributed by atoms with Crippen LogP contribution in [0.4, 0.5) is 0 Å². The molecule has 3 aliphatic rings. The minimum absolute atomic E-state index is 1.30. The van der Waals surface area contributed by atoms with E-state index >= 15 is 0 Å². The molecule has 0 amide bonds. The van der Waals surface area contributed by atoms with Gasteiger partial charge >= 0.3 is 0 Å². The SMILES string of the molecule is c1ccc2c(c1)-c1ccc3cc1[Si]21c2ccccc2-c2ccc4c5ccccc5n-3c4c21. The highest BCUT2D eigenvalue weighted by Gasteiger charge is 2.56. The van der Waals surface area contributed by atoms with Crippen LogP contribution in [-0.4, -0.2) is 12.6 Å². The molecule has 0 radical (unpaired) electrons. The average molecular weight is 420 g/mol. The summed E-state index contributed by atoms with van der Waals surface area (Å²) in [6.45, 7) is 0.